The van der Waals surface area contributed by atoms with Crippen LogP contribution in [0.15, 0.2) is 58.5 Å². The summed E-state index contributed by atoms with van der Waals surface area (Å²) in [6.07, 6.45) is 5.36. The van der Waals surface area contributed by atoms with Gasteiger partial charge in [0.1, 0.15) is 23.3 Å². The largest absolute Gasteiger partial charge is 0.497 e. The number of aryl methyl sites for hydroxylation is 2. The molecule has 2 aliphatic rings. The van der Waals surface area contributed by atoms with E-state index in [-0.39, 0.29) is 11.7 Å². The van der Waals surface area contributed by atoms with Crippen LogP contribution in [0.4, 0.5) is 0 Å². The lowest BCUT2D eigenvalue weighted by molar-refractivity contribution is 0.107. The van der Waals surface area contributed by atoms with Crippen LogP contribution in [-0.4, -0.2) is 35.1 Å². The van der Waals surface area contributed by atoms with Crippen molar-refractivity contribution >= 4 is 33.3 Å². The number of para-hydroxylation sites is 2. The lowest BCUT2D eigenvalue weighted by Gasteiger charge is -2.26. The fraction of sp³-hybridized carbons (Fsp3) is 0.333. The van der Waals surface area contributed by atoms with Gasteiger partial charge in [0.25, 0.3) is 5.56 Å². The van der Waals surface area contributed by atoms with E-state index in [4.69, 9.17) is 19.2 Å². The Morgan fingerprint density at radius 2 is 1.89 bits per heavy atom. The van der Waals surface area contributed by atoms with Crippen molar-refractivity contribution < 1.29 is 14.2 Å². The average Bonchev–Trinajstić information content (AvgIpc) is 3.08. The maximum Gasteiger partial charge on any atom is 0.267 e. The number of benzene rings is 2. The Bertz CT molecular complexity index is 1430. The Morgan fingerprint density at radius 1 is 1.09 bits per heavy atom. The van der Waals surface area contributed by atoms with Crippen LogP contribution in [0.5, 0.6) is 17.2 Å². The number of fused-ring (bicyclic) bond motifs is 4. The Morgan fingerprint density at radius 3 is 2.71 bits per heavy atom. The van der Waals surface area contributed by atoms with Crippen molar-refractivity contribution in [3.63, 3.8) is 0 Å². The predicted octanol–water partition coefficient (Wildman–Crippen LogP) is 5.66. The molecule has 1 aliphatic carbocycles. The summed E-state index contributed by atoms with van der Waals surface area (Å²) in [7, 11) is 1.64. The van der Waals surface area contributed by atoms with Gasteiger partial charge in [-0.3, -0.25) is 9.36 Å². The van der Waals surface area contributed by atoms with Crippen molar-refractivity contribution in [2.24, 2.45) is 0 Å². The van der Waals surface area contributed by atoms with Gasteiger partial charge in [0.15, 0.2) is 16.7 Å². The summed E-state index contributed by atoms with van der Waals surface area (Å²) in [5, 5.41) is 1.46. The van der Waals surface area contributed by atoms with E-state index in [1.165, 1.54) is 35.0 Å². The summed E-state index contributed by atoms with van der Waals surface area (Å²) >= 11 is 3.22. The number of thiophene rings is 1. The fourth-order valence-electron chi connectivity index (χ4n) is 4.73. The molecule has 1 aliphatic heterocycles. The van der Waals surface area contributed by atoms with E-state index < -0.39 is 0 Å². The van der Waals surface area contributed by atoms with Gasteiger partial charge in [-0.1, -0.05) is 30.3 Å². The molecule has 0 saturated carbocycles. The zero-order valence-electron chi connectivity index (χ0n) is 19.5. The molecule has 2 aromatic heterocycles. The maximum atomic E-state index is 14.0. The smallest absolute Gasteiger partial charge is 0.267 e. The summed E-state index contributed by atoms with van der Waals surface area (Å²) in [6.45, 7) is 0.465. The van der Waals surface area contributed by atoms with Gasteiger partial charge >= 0.3 is 0 Å². The minimum Gasteiger partial charge on any atom is -0.497 e. The highest BCUT2D eigenvalue weighted by Gasteiger charge is 2.25. The van der Waals surface area contributed by atoms with Crippen LogP contribution in [0.2, 0.25) is 0 Å². The first-order valence-electron chi connectivity index (χ1n) is 11.9. The zero-order valence-corrected chi connectivity index (χ0v) is 21.1. The Kier molecular flexibility index (Phi) is 6.16. The summed E-state index contributed by atoms with van der Waals surface area (Å²) in [4.78, 5) is 21.2. The van der Waals surface area contributed by atoms with Crippen LogP contribution in [0.25, 0.3) is 15.9 Å². The van der Waals surface area contributed by atoms with Gasteiger partial charge < -0.3 is 14.2 Å². The molecule has 35 heavy (non-hydrogen) atoms. The number of ether oxygens (including phenoxy) is 3. The van der Waals surface area contributed by atoms with Crippen molar-refractivity contribution in [2.45, 2.75) is 43.4 Å². The number of rotatable bonds is 5. The van der Waals surface area contributed by atoms with E-state index in [0.717, 1.165) is 52.4 Å². The van der Waals surface area contributed by atoms with E-state index in [0.29, 0.717) is 17.5 Å². The van der Waals surface area contributed by atoms with Crippen molar-refractivity contribution in [1.29, 1.82) is 0 Å². The number of thioether (sulfide) groups is 1. The van der Waals surface area contributed by atoms with Crippen LogP contribution >= 0.6 is 23.1 Å². The molecule has 4 aromatic rings. The van der Waals surface area contributed by atoms with E-state index in [1.54, 1.807) is 23.0 Å². The second kappa shape index (κ2) is 9.59. The molecule has 0 unspecified atom stereocenters. The molecule has 8 heteroatoms. The van der Waals surface area contributed by atoms with Crippen LogP contribution in [0.3, 0.4) is 0 Å². The highest BCUT2D eigenvalue weighted by atomic mass is 32.2. The van der Waals surface area contributed by atoms with Crippen molar-refractivity contribution in [1.82, 2.24) is 9.55 Å². The van der Waals surface area contributed by atoms with Gasteiger partial charge in [-0.2, -0.15) is 0 Å². The molecule has 1 atom stereocenters. The second-order valence-electron chi connectivity index (χ2n) is 8.79. The normalized spacial score (nSPS) is 17.1. The van der Waals surface area contributed by atoms with E-state index in [9.17, 15) is 4.79 Å². The lowest BCUT2D eigenvalue weighted by Crippen LogP contribution is -2.31. The molecule has 6 nitrogen and oxygen atoms in total. The van der Waals surface area contributed by atoms with Gasteiger partial charge in [0.2, 0.25) is 0 Å². The van der Waals surface area contributed by atoms with Gasteiger partial charge in [-0.05, 0) is 67.6 Å². The first kappa shape index (κ1) is 22.5. The standard InChI is InChI=1S/C27H26N2O4S2/c1-31-18-13-11-17(12-14-18)29-26(30)24-20-7-3-2-4-10-23(20)35-25(24)28-27(29)34-16-19-15-32-21-8-5-6-9-22(21)33-19/h5-6,8-9,11-14,19H,2-4,7,10,15-16H2,1H3/t19-/m0/s1. The predicted molar refractivity (Wildman–Crippen MR) is 140 cm³/mol. The minimum atomic E-state index is -0.133. The third kappa shape index (κ3) is 4.29. The molecule has 6 rings (SSSR count). The molecule has 3 heterocycles. The maximum absolute atomic E-state index is 14.0. The highest BCUT2D eigenvalue weighted by molar-refractivity contribution is 7.99. The molecule has 0 N–H and O–H groups in total. The number of nitrogens with zero attached hydrogens (tertiary/aromatic N) is 2. The van der Waals surface area contributed by atoms with E-state index in [2.05, 4.69) is 0 Å². The summed E-state index contributed by atoms with van der Waals surface area (Å²) in [5.41, 5.74) is 2.00. The zero-order chi connectivity index (χ0) is 23.8. The topological polar surface area (TPSA) is 62.6 Å². The second-order valence-corrected chi connectivity index (χ2v) is 10.9. The number of hydrogen-bond donors (Lipinski definition) is 0. The van der Waals surface area contributed by atoms with Gasteiger partial charge in [0, 0.05) is 10.6 Å². The highest BCUT2D eigenvalue weighted by Crippen LogP contribution is 2.36. The summed E-state index contributed by atoms with van der Waals surface area (Å²) in [6, 6.07) is 15.3. The third-order valence-electron chi connectivity index (χ3n) is 6.50. The van der Waals surface area contributed by atoms with Gasteiger partial charge in [-0.25, -0.2) is 4.98 Å². The first-order chi connectivity index (χ1) is 17.2. The molecule has 180 valence electrons. The molecular weight excluding hydrogens is 480 g/mol. The minimum absolute atomic E-state index is 0.00762. The average molecular weight is 507 g/mol. The van der Waals surface area contributed by atoms with E-state index in [1.807, 2.05) is 48.5 Å². The van der Waals surface area contributed by atoms with Gasteiger partial charge in [0.05, 0.1) is 18.2 Å². The Balaban J connectivity index is 1.39. The van der Waals surface area contributed by atoms with Crippen LogP contribution in [0, 0.1) is 0 Å². The number of hydrogen-bond acceptors (Lipinski definition) is 7. The lowest BCUT2D eigenvalue weighted by atomic mass is 10.1. The SMILES string of the molecule is COc1ccc(-n2c(SC[C@@H]3COc4ccccc4O3)nc3sc4c(c3c2=O)CCCCC4)cc1. The van der Waals surface area contributed by atoms with E-state index >= 15 is 0 Å². The quantitative estimate of drug-likeness (QED) is 0.198. The monoisotopic (exact) mass is 506 g/mol. The molecular formula is C27H26N2O4S2. The van der Waals surface area contributed by atoms with Gasteiger partial charge in [-0.15, -0.1) is 11.3 Å². The summed E-state index contributed by atoms with van der Waals surface area (Å²) < 4.78 is 19.1. The summed E-state index contributed by atoms with van der Waals surface area (Å²) in [5.74, 6) is 2.89. The third-order valence-corrected chi connectivity index (χ3v) is 8.76. The first-order valence-corrected chi connectivity index (χ1v) is 13.7. The Labute approximate surface area is 211 Å². The van der Waals surface area contributed by atoms with Crippen molar-refractivity contribution in [3.05, 3.63) is 69.3 Å². The Hall–Kier alpha value is -2.97. The fourth-order valence-corrected chi connectivity index (χ4v) is 7.01. The van der Waals surface area contributed by atoms with Crippen LogP contribution in [-0.2, 0) is 12.8 Å². The molecule has 2 aromatic carbocycles. The van der Waals surface area contributed by atoms with Crippen LogP contribution in [0.1, 0.15) is 29.7 Å². The molecule has 0 spiro atoms. The van der Waals surface area contributed by atoms with Crippen molar-refractivity contribution in [2.75, 3.05) is 19.5 Å². The molecule has 0 amide bonds. The molecule has 0 saturated heterocycles. The number of methoxy groups -OCH3 is 1. The molecule has 0 bridgehead atoms. The number of aromatic nitrogens is 2. The van der Waals surface area contributed by atoms with Crippen LogP contribution < -0.4 is 19.8 Å². The van der Waals surface area contributed by atoms with Crippen molar-refractivity contribution in [3.8, 4) is 22.9 Å². The molecule has 0 fully saturated rings. The molecule has 0 radical (unpaired) electrons.